The summed E-state index contributed by atoms with van der Waals surface area (Å²) < 4.78 is 15.8. The average Bonchev–Trinajstić information content (AvgIpc) is 2.03. The quantitative estimate of drug-likeness (QED) is 0.477. The Morgan fingerprint density at radius 1 is 0.857 bits per heavy atom. The molecule has 0 bridgehead atoms. The van der Waals surface area contributed by atoms with Crippen LogP contribution in [0.2, 0.25) is 0 Å². The van der Waals surface area contributed by atoms with E-state index in [9.17, 15) is 0 Å². The minimum Gasteiger partial charge on any atom is -0.383 e. The molecule has 0 saturated heterocycles. The minimum atomic E-state index is 0. The maximum absolute atomic E-state index is 4.84. The lowest BCUT2D eigenvalue weighted by atomic mass is 10.7. The number of rotatable bonds is 8. The third-order valence-electron chi connectivity index (χ3n) is 0.961. The van der Waals surface area contributed by atoms with Gasteiger partial charge in [0.25, 0.3) is 0 Å². The van der Waals surface area contributed by atoms with E-state index in [0.717, 1.165) is 26.3 Å². The Balaban J connectivity index is -0.000000167. The van der Waals surface area contributed by atoms with Crippen molar-refractivity contribution < 1.29 is 23.6 Å². The summed E-state index contributed by atoms with van der Waals surface area (Å²) >= 11 is 1.47. The Morgan fingerprint density at radius 3 is 1.50 bits per heavy atom. The molecule has 0 aliphatic heterocycles. The van der Waals surface area contributed by atoms with E-state index in [-0.39, 0.29) is 14.1 Å². The second-order valence-corrected chi connectivity index (χ2v) is 2.66. The smallest absolute Gasteiger partial charge is 0.0596 e. The number of nitrogens with one attached hydrogen (secondary N) is 2. The Morgan fingerprint density at radius 2 is 1.21 bits per heavy atom. The van der Waals surface area contributed by atoms with E-state index in [0.29, 0.717) is 0 Å². The van der Waals surface area contributed by atoms with Crippen molar-refractivity contribution in [3.05, 3.63) is 0 Å². The summed E-state index contributed by atoms with van der Waals surface area (Å²) in [4.78, 5) is 0. The van der Waals surface area contributed by atoms with Gasteiger partial charge in [0, 0.05) is 39.4 Å². The van der Waals surface area contributed by atoms with Gasteiger partial charge in [0.05, 0.1) is 13.2 Å². The van der Waals surface area contributed by atoms with Crippen LogP contribution in [0.5, 0.6) is 0 Å². The van der Waals surface area contributed by atoms with Gasteiger partial charge in [-0.1, -0.05) is 0 Å². The molecule has 0 saturated carbocycles. The van der Waals surface area contributed by atoms with Crippen molar-refractivity contribution in [2.75, 3.05) is 40.5 Å². The van der Waals surface area contributed by atoms with E-state index < -0.39 is 0 Å². The Bertz CT molecular complexity index is 78.1. The van der Waals surface area contributed by atoms with E-state index >= 15 is 0 Å². The summed E-state index contributed by atoms with van der Waals surface area (Å²) in [6.45, 7) is 3.17. The van der Waals surface area contributed by atoms with Crippen LogP contribution in [0, 0.1) is 0 Å². The molecule has 0 atom stereocenters. The molecule has 0 fully saturated rings. The van der Waals surface area contributed by atoms with Crippen LogP contribution >= 0.6 is 12.1 Å². The van der Waals surface area contributed by atoms with Gasteiger partial charge in [-0.05, 0) is 0 Å². The van der Waals surface area contributed by atoms with Crippen molar-refractivity contribution in [2.45, 2.75) is 0 Å². The normalized spacial score (nSPS) is 8.14. The van der Waals surface area contributed by atoms with Crippen LogP contribution < -0.4 is 9.44 Å². The summed E-state index contributed by atoms with van der Waals surface area (Å²) in [7, 11) is 3.37. The van der Waals surface area contributed by atoms with Gasteiger partial charge in [0.2, 0.25) is 0 Å². The molecule has 0 aromatic heterocycles. The number of halogens is 3. The van der Waals surface area contributed by atoms with Gasteiger partial charge in [0.15, 0.2) is 0 Å². The average molecular weight is 240 g/mol. The fourth-order valence-corrected chi connectivity index (χ4v) is 0.913. The molecule has 0 aliphatic carbocycles. The molecule has 0 aliphatic rings. The zero-order chi connectivity index (χ0) is 8.36. The van der Waals surface area contributed by atoms with E-state index in [1.54, 1.807) is 14.2 Å². The Labute approximate surface area is 86.5 Å². The highest BCUT2D eigenvalue weighted by Gasteiger charge is 1.86. The summed E-state index contributed by atoms with van der Waals surface area (Å²) in [5.41, 5.74) is 0. The zero-order valence-corrected chi connectivity index (χ0v) is 9.09. The van der Waals surface area contributed by atoms with Crippen molar-refractivity contribution in [1.82, 2.24) is 9.44 Å². The first kappa shape index (κ1) is 23.6. The molecule has 0 radical (unpaired) electrons. The molecular weight excluding hydrogens is 221 g/mol. The van der Waals surface area contributed by atoms with Crippen molar-refractivity contribution in [3.63, 3.8) is 0 Å². The molecule has 0 heterocycles. The topological polar surface area (TPSA) is 42.5 Å². The highest BCUT2D eigenvalue weighted by atomic mass is 32.2. The van der Waals surface area contributed by atoms with Gasteiger partial charge in [-0.15, -0.1) is 0 Å². The van der Waals surface area contributed by atoms with Crippen molar-refractivity contribution >= 4 is 12.1 Å². The highest BCUT2D eigenvalue weighted by Crippen LogP contribution is 1.82. The molecule has 0 aromatic rings. The molecule has 92 valence electrons. The summed E-state index contributed by atoms with van der Waals surface area (Å²) in [5.74, 6) is 0. The van der Waals surface area contributed by atoms with Crippen LogP contribution in [-0.4, -0.2) is 40.5 Å². The van der Waals surface area contributed by atoms with Crippen LogP contribution in [0.3, 0.4) is 0 Å². The van der Waals surface area contributed by atoms with Gasteiger partial charge in [0.1, 0.15) is 0 Å². The van der Waals surface area contributed by atoms with Gasteiger partial charge in [-0.3, -0.25) is 14.1 Å². The molecule has 0 aromatic carbocycles. The predicted molar refractivity (Wildman–Crippen MR) is 54.9 cm³/mol. The van der Waals surface area contributed by atoms with E-state index in [1.165, 1.54) is 12.1 Å². The largest absolute Gasteiger partial charge is 0.383 e. The monoisotopic (exact) mass is 240 g/mol. The molecule has 0 amide bonds. The Hall–Kier alpha value is -0.0200. The summed E-state index contributed by atoms with van der Waals surface area (Å²) in [6.07, 6.45) is 0. The maximum atomic E-state index is 4.84. The minimum absolute atomic E-state index is 0. The summed E-state index contributed by atoms with van der Waals surface area (Å²) in [6, 6.07) is 0. The van der Waals surface area contributed by atoms with Crippen molar-refractivity contribution in [3.8, 4) is 0 Å². The lowest BCUT2D eigenvalue weighted by Crippen LogP contribution is -2.20. The molecule has 0 unspecified atom stereocenters. The second-order valence-electron chi connectivity index (χ2n) is 1.88. The first-order valence-electron chi connectivity index (χ1n) is 3.51. The molecular formula is C6H19F3N2O2S. The highest BCUT2D eigenvalue weighted by molar-refractivity contribution is 7.95. The zero-order valence-electron chi connectivity index (χ0n) is 8.28. The number of ether oxygens (including phenoxy) is 2. The standard InChI is InChI=1S/C6H16N2O2S.3FH/c1-9-5-3-7-11-8-4-6-10-2;;;/h7-8H,3-6H2,1-2H3;3*1H. The molecule has 0 spiro atoms. The van der Waals surface area contributed by atoms with Crippen LogP contribution in [0.15, 0.2) is 0 Å². The van der Waals surface area contributed by atoms with E-state index in [1.807, 2.05) is 0 Å². The molecule has 8 heteroatoms. The van der Waals surface area contributed by atoms with Gasteiger partial charge < -0.3 is 9.47 Å². The molecule has 2 N–H and O–H groups in total. The molecule has 4 nitrogen and oxygen atoms in total. The SMILES string of the molecule is COCCNSNCCOC.F.F.F. The van der Waals surface area contributed by atoms with E-state index in [2.05, 4.69) is 9.44 Å². The van der Waals surface area contributed by atoms with Gasteiger partial charge in [-0.25, -0.2) is 9.44 Å². The number of hydrogen-bond donors (Lipinski definition) is 2. The van der Waals surface area contributed by atoms with Gasteiger partial charge >= 0.3 is 0 Å². The van der Waals surface area contributed by atoms with Crippen molar-refractivity contribution in [1.29, 1.82) is 0 Å². The van der Waals surface area contributed by atoms with Crippen LogP contribution in [0.4, 0.5) is 14.1 Å². The maximum Gasteiger partial charge on any atom is 0.0596 e. The van der Waals surface area contributed by atoms with Crippen molar-refractivity contribution in [2.24, 2.45) is 0 Å². The van der Waals surface area contributed by atoms with E-state index in [4.69, 9.17) is 9.47 Å². The fraction of sp³-hybridized carbons (Fsp3) is 1.00. The molecule has 14 heavy (non-hydrogen) atoms. The first-order chi connectivity index (χ1) is 5.41. The van der Waals surface area contributed by atoms with Crippen LogP contribution in [0.25, 0.3) is 0 Å². The van der Waals surface area contributed by atoms with Crippen LogP contribution in [-0.2, 0) is 9.47 Å². The second kappa shape index (κ2) is 23.1. The number of methoxy groups -OCH3 is 2. The third-order valence-corrected chi connectivity index (χ3v) is 1.66. The lowest BCUT2D eigenvalue weighted by Gasteiger charge is -2.03. The summed E-state index contributed by atoms with van der Waals surface area (Å²) in [5, 5.41) is 0. The predicted octanol–water partition coefficient (Wildman–Crippen LogP) is 0.479. The third kappa shape index (κ3) is 22.7. The lowest BCUT2D eigenvalue weighted by molar-refractivity contribution is 0.203. The van der Waals surface area contributed by atoms with Gasteiger partial charge in [-0.2, -0.15) is 0 Å². The number of hydrogen-bond acceptors (Lipinski definition) is 5. The first-order valence-corrected chi connectivity index (χ1v) is 4.33. The Kier molecular flexibility index (Phi) is 39.0. The molecule has 0 rings (SSSR count). The van der Waals surface area contributed by atoms with Crippen LogP contribution in [0.1, 0.15) is 0 Å². The fourth-order valence-electron chi connectivity index (χ4n) is 0.441.